The van der Waals surface area contributed by atoms with Crippen LogP contribution in [0.2, 0.25) is 0 Å². The highest BCUT2D eigenvalue weighted by Crippen LogP contribution is 2.34. The first-order valence-electron chi connectivity index (χ1n) is 8.02. The molecule has 1 saturated heterocycles. The minimum atomic E-state index is -4.78. The van der Waals surface area contributed by atoms with Gasteiger partial charge in [-0.25, -0.2) is 8.42 Å². The average Bonchev–Trinajstić information content (AvgIpc) is 2.59. The summed E-state index contributed by atoms with van der Waals surface area (Å²) in [6, 6.07) is 3.98. The number of hydrogen-bond donors (Lipinski definition) is 1. The van der Waals surface area contributed by atoms with Crippen molar-refractivity contribution in [2.45, 2.75) is 30.8 Å². The lowest BCUT2D eigenvalue weighted by molar-refractivity contribution is -0.137. The molecule has 0 aromatic heterocycles. The summed E-state index contributed by atoms with van der Waals surface area (Å²) in [5, 5.41) is 12.0. The van der Waals surface area contributed by atoms with Crippen LogP contribution < -0.4 is 5.32 Å². The monoisotopic (exact) mass is 411 g/mol. The summed E-state index contributed by atoms with van der Waals surface area (Å²) in [6.45, 7) is 4.19. The van der Waals surface area contributed by atoms with Gasteiger partial charge in [0.2, 0.25) is 10.0 Å². The van der Waals surface area contributed by atoms with Crippen LogP contribution in [0.3, 0.4) is 0 Å². The highest BCUT2D eigenvalue weighted by molar-refractivity contribution is 7.89. The second-order valence-electron chi connectivity index (χ2n) is 5.97. The minimum Gasteiger partial charge on any atom is -0.317 e. The quantitative estimate of drug-likeness (QED) is 0.808. The summed E-state index contributed by atoms with van der Waals surface area (Å²) in [4.78, 5) is -0.427. The number of piperidine rings is 1. The van der Waals surface area contributed by atoms with Gasteiger partial charge in [0.1, 0.15) is 0 Å². The fourth-order valence-electron chi connectivity index (χ4n) is 2.87. The molecule has 1 aromatic rings. The van der Waals surface area contributed by atoms with Crippen molar-refractivity contribution in [3.05, 3.63) is 29.3 Å². The van der Waals surface area contributed by atoms with Crippen molar-refractivity contribution in [3.63, 3.8) is 0 Å². The summed E-state index contributed by atoms with van der Waals surface area (Å²) in [5.41, 5.74) is -1.81. The zero-order valence-electron chi connectivity index (χ0n) is 14.2. The Hall–Kier alpha value is -1.34. The first-order chi connectivity index (χ1) is 11.7. The molecule has 0 atom stereocenters. The molecule has 0 radical (unpaired) electrons. The third kappa shape index (κ3) is 5.10. The molecule has 1 aromatic carbocycles. The molecule has 26 heavy (non-hydrogen) atoms. The molecule has 5 nitrogen and oxygen atoms in total. The number of sulfonamides is 1. The van der Waals surface area contributed by atoms with Gasteiger partial charge in [0, 0.05) is 13.1 Å². The highest BCUT2D eigenvalue weighted by atomic mass is 35.5. The molecule has 1 N–H and O–H groups in total. The fraction of sp³-hybridized carbons (Fsp3) is 0.562. The zero-order valence-corrected chi connectivity index (χ0v) is 15.8. The third-order valence-electron chi connectivity index (χ3n) is 4.31. The molecule has 146 valence electrons. The molecular weight excluding hydrogens is 391 g/mol. The second-order valence-corrected chi connectivity index (χ2v) is 7.91. The van der Waals surface area contributed by atoms with Crippen molar-refractivity contribution in [2.75, 3.05) is 26.2 Å². The first kappa shape index (κ1) is 22.7. The predicted molar refractivity (Wildman–Crippen MR) is 93.4 cm³/mol. The van der Waals surface area contributed by atoms with Crippen molar-refractivity contribution in [2.24, 2.45) is 5.92 Å². The van der Waals surface area contributed by atoms with E-state index in [1.165, 1.54) is 10.4 Å². The number of rotatable bonds is 5. The number of nitrogens with one attached hydrogen (secondary N) is 1. The van der Waals surface area contributed by atoms with Crippen molar-refractivity contribution < 1.29 is 21.6 Å². The van der Waals surface area contributed by atoms with Gasteiger partial charge in [-0.05, 0) is 50.0 Å². The van der Waals surface area contributed by atoms with Gasteiger partial charge in [-0.2, -0.15) is 22.7 Å². The van der Waals surface area contributed by atoms with Gasteiger partial charge in [0.05, 0.1) is 22.1 Å². The number of benzene rings is 1. The summed E-state index contributed by atoms with van der Waals surface area (Å²) in [5.74, 6) is 0.359. The Morgan fingerprint density at radius 3 is 2.42 bits per heavy atom. The van der Waals surface area contributed by atoms with Crippen LogP contribution in [-0.2, 0) is 16.2 Å². The summed E-state index contributed by atoms with van der Waals surface area (Å²) in [6.07, 6.45) is -3.46. The molecule has 2 rings (SSSR count). The smallest absolute Gasteiger partial charge is 0.317 e. The Balaban J connectivity index is 0.00000338. The lowest BCUT2D eigenvalue weighted by atomic mass is 9.98. The number of alkyl halides is 3. The van der Waals surface area contributed by atoms with E-state index in [1.54, 1.807) is 0 Å². The standard InChI is InChI=1S/C16H20F3N3O2S.ClH/c1-2-21-11-12-5-7-22(8-6-12)25(23,24)14-4-3-13(10-20)15(9-14)16(17,18)19;/h3-4,9,12,21H,2,5-8,11H2,1H3;1H. The second kappa shape index (κ2) is 9.04. The average molecular weight is 412 g/mol. The minimum absolute atomic E-state index is 0. The summed E-state index contributed by atoms with van der Waals surface area (Å²) in [7, 11) is -4.01. The molecule has 0 spiro atoms. The van der Waals surface area contributed by atoms with E-state index in [4.69, 9.17) is 5.26 Å². The van der Waals surface area contributed by atoms with Gasteiger partial charge in [-0.1, -0.05) is 6.92 Å². The number of nitriles is 1. The predicted octanol–water partition coefficient (Wildman–Crippen LogP) is 3.01. The van der Waals surface area contributed by atoms with E-state index in [0.29, 0.717) is 24.8 Å². The molecule has 1 aliphatic heterocycles. The van der Waals surface area contributed by atoms with Crippen molar-refractivity contribution in [1.82, 2.24) is 9.62 Å². The maximum Gasteiger partial charge on any atom is 0.417 e. The number of halogens is 4. The van der Waals surface area contributed by atoms with Gasteiger partial charge < -0.3 is 5.32 Å². The van der Waals surface area contributed by atoms with Crippen LogP contribution in [0.15, 0.2) is 23.1 Å². The van der Waals surface area contributed by atoms with Crippen LogP contribution >= 0.6 is 12.4 Å². The van der Waals surface area contributed by atoms with E-state index in [9.17, 15) is 21.6 Å². The maximum atomic E-state index is 13.0. The van der Waals surface area contributed by atoms with Gasteiger partial charge in [-0.3, -0.25) is 0 Å². The Bertz CT molecular complexity index is 755. The van der Waals surface area contributed by atoms with E-state index in [0.717, 1.165) is 25.2 Å². The van der Waals surface area contributed by atoms with Crippen molar-refractivity contribution in [1.29, 1.82) is 5.26 Å². The van der Waals surface area contributed by atoms with Gasteiger partial charge >= 0.3 is 6.18 Å². The molecule has 1 fully saturated rings. The van der Waals surface area contributed by atoms with E-state index < -0.39 is 32.2 Å². The molecule has 10 heteroatoms. The normalized spacial score (nSPS) is 16.7. The number of hydrogen-bond acceptors (Lipinski definition) is 4. The molecule has 0 aliphatic carbocycles. The zero-order chi connectivity index (χ0) is 18.7. The summed E-state index contributed by atoms with van der Waals surface area (Å²) < 4.78 is 65.7. The Labute approximate surface area is 157 Å². The molecule has 1 aliphatic rings. The largest absolute Gasteiger partial charge is 0.417 e. The molecule has 0 saturated carbocycles. The molecule has 1 heterocycles. The lowest BCUT2D eigenvalue weighted by Gasteiger charge is -2.31. The van der Waals surface area contributed by atoms with E-state index in [1.807, 2.05) is 6.92 Å². The highest BCUT2D eigenvalue weighted by Gasteiger charge is 2.36. The molecule has 0 unspecified atom stereocenters. The summed E-state index contributed by atoms with van der Waals surface area (Å²) >= 11 is 0. The molecule has 0 bridgehead atoms. The van der Waals surface area contributed by atoms with Gasteiger partial charge in [0.25, 0.3) is 0 Å². The van der Waals surface area contributed by atoms with Crippen LogP contribution in [-0.4, -0.2) is 38.9 Å². The van der Waals surface area contributed by atoms with Crippen LogP contribution in [0.25, 0.3) is 0 Å². The molecule has 0 amide bonds. The topological polar surface area (TPSA) is 73.2 Å². The van der Waals surface area contributed by atoms with Crippen molar-refractivity contribution >= 4 is 22.4 Å². The maximum absolute atomic E-state index is 13.0. The third-order valence-corrected chi connectivity index (χ3v) is 6.21. The van der Waals surface area contributed by atoms with Crippen LogP contribution in [0.5, 0.6) is 0 Å². The lowest BCUT2D eigenvalue weighted by Crippen LogP contribution is -2.40. The Kier molecular flexibility index (Phi) is 7.89. The first-order valence-corrected chi connectivity index (χ1v) is 9.46. The van der Waals surface area contributed by atoms with E-state index >= 15 is 0 Å². The van der Waals surface area contributed by atoms with Crippen LogP contribution in [0, 0.1) is 17.2 Å². The van der Waals surface area contributed by atoms with Crippen molar-refractivity contribution in [3.8, 4) is 6.07 Å². The van der Waals surface area contributed by atoms with E-state index in [2.05, 4.69) is 5.32 Å². The Morgan fingerprint density at radius 1 is 1.31 bits per heavy atom. The van der Waals surface area contributed by atoms with E-state index in [-0.39, 0.29) is 25.5 Å². The van der Waals surface area contributed by atoms with Crippen LogP contribution in [0.4, 0.5) is 13.2 Å². The number of nitrogens with zero attached hydrogens (tertiary/aromatic N) is 2. The molecular formula is C16H21ClF3N3O2S. The Morgan fingerprint density at radius 2 is 1.92 bits per heavy atom. The van der Waals surface area contributed by atoms with Gasteiger partial charge in [0.15, 0.2) is 0 Å². The van der Waals surface area contributed by atoms with Gasteiger partial charge in [-0.15, -0.1) is 12.4 Å². The fourth-order valence-corrected chi connectivity index (χ4v) is 4.36. The van der Waals surface area contributed by atoms with Crippen LogP contribution in [0.1, 0.15) is 30.9 Å². The SMILES string of the molecule is CCNCC1CCN(S(=O)(=O)c2ccc(C#N)c(C(F)(F)F)c2)CC1.Cl.